The molecule has 1 unspecified atom stereocenters. The van der Waals surface area contributed by atoms with Gasteiger partial charge in [0.25, 0.3) is 0 Å². The van der Waals surface area contributed by atoms with Crippen molar-refractivity contribution < 1.29 is 9.59 Å². The lowest BCUT2D eigenvalue weighted by Crippen LogP contribution is -2.56. The molecule has 0 spiro atoms. The second kappa shape index (κ2) is 7.84. The molecule has 5 nitrogen and oxygen atoms in total. The second-order valence-corrected chi connectivity index (χ2v) is 6.06. The first-order chi connectivity index (χ1) is 9.06. The van der Waals surface area contributed by atoms with Gasteiger partial charge < -0.3 is 15.5 Å². The van der Waals surface area contributed by atoms with Crippen LogP contribution in [0.5, 0.6) is 0 Å². The van der Waals surface area contributed by atoms with Crippen molar-refractivity contribution in [2.24, 2.45) is 5.92 Å². The largest absolute Gasteiger partial charge is 0.352 e. The highest BCUT2D eigenvalue weighted by atomic mass is 35.5. The van der Waals surface area contributed by atoms with E-state index in [1.165, 1.54) is 0 Å². The molecule has 2 amide bonds. The number of nitrogens with one attached hydrogen (secondary N) is 2. The van der Waals surface area contributed by atoms with Crippen LogP contribution in [0, 0.1) is 5.92 Å². The van der Waals surface area contributed by atoms with Crippen LogP contribution in [0.4, 0.5) is 0 Å². The molecular formula is C14H26ClN3O2. The number of halogens is 1. The topological polar surface area (TPSA) is 61.4 Å². The third-order valence-corrected chi connectivity index (χ3v) is 3.92. The number of amides is 2. The van der Waals surface area contributed by atoms with Crippen molar-refractivity contribution in [2.75, 3.05) is 19.6 Å². The minimum Gasteiger partial charge on any atom is -0.352 e. The van der Waals surface area contributed by atoms with Crippen LogP contribution in [0.1, 0.15) is 39.5 Å². The number of hydrogen-bond acceptors (Lipinski definition) is 3. The van der Waals surface area contributed by atoms with Crippen LogP contribution in [-0.4, -0.2) is 48.4 Å². The van der Waals surface area contributed by atoms with E-state index in [0.717, 1.165) is 38.9 Å². The summed E-state index contributed by atoms with van der Waals surface area (Å²) in [4.78, 5) is 25.7. The number of likely N-dealkylation sites (tertiary alicyclic amines) is 1. The molecule has 1 atom stereocenters. The second-order valence-electron chi connectivity index (χ2n) is 6.06. The van der Waals surface area contributed by atoms with Crippen LogP contribution >= 0.6 is 12.4 Å². The number of rotatable bonds is 4. The first-order valence-corrected chi connectivity index (χ1v) is 7.38. The lowest BCUT2D eigenvalue weighted by molar-refractivity contribution is -0.133. The van der Waals surface area contributed by atoms with E-state index in [9.17, 15) is 9.59 Å². The molecule has 0 saturated carbocycles. The molecule has 20 heavy (non-hydrogen) atoms. The Hall–Kier alpha value is -0.810. The summed E-state index contributed by atoms with van der Waals surface area (Å²) in [5.41, 5.74) is 0. The Morgan fingerprint density at radius 3 is 2.30 bits per heavy atom. The van der Waals surface area contributed by atoms with Crippen molar-refractivity contribution in [1.82, 2.24) is 15.5 Å². The minimum atomic E-state index is 0. The highest BCUT2D eigenvalue weighted by Gasteiger charge is 2.28. The van der Waals surface area contributed by atoms with Crippen LogP contribution < -0.4 is 10.6 Å². The average Bonchev–Trinajstić information content (AvgIpc) is 2.26. The summed E-state index contributed by atoms with van der Waals surface area (Å²) >= 11 is 0. The van der Waals surface area contributed by atoms with E-state index in [1.54, 1.807) is 0 Å². The Balaban J connectivity index is 0.00000200. The van der Waals surface area contributed by atoms with Gasteiger partial charge in [-0.05, 0) is 31.7 Å². The van der Waals surface area contributed by atoms with E-state index < -0.39 is 0 Å². The van der Waals surface area contributed by atoms with Gasteiger partial charge in [0.05, 0.1) is 6.04 Å². The van der Waals surface area contributed by atoms with Gasteiger partial charge in [-0.25, -0.2) is 0 Å². The van der Waals surface area contributed by atoms with Gasteiger partial charge in [0.15, 0.2) is 0 Å². The lowest BCUT2D eigenvalue weighted by Gasteiger charge is -2.34. The molecule has 116 valence electrons. The summed E-state index contributed by atoms with van der Waals surface area (Å²) in [6.07, 6.45) is 3.32. The molecule has 0 aromatic rings. The zero-order valence-corrected chi connectivity index (χ0v) is 13.2. The van der Waals surface area contributed by atoms with E-state index >= 15 is 0 Å². The maximum atomic E-state index is 11.9. The summed E-state index contributed by atoms with van der Waals surface area (Å²) < 4.78 is 0. The zero-order valence-electron chi connectivity index (χ0n) is 12.4. The van der Waals surface area contributed by atoms with Crippen LogP contribution in [0.3, 0.4) is 0 Å². The van der Waals surface area contributed by atoms with Gasteiger partial charge in [0.2, 0.25) is 11.8 Å². The molecule has 0 radical (unpaired) electrons. The molecule has 2 rings (SSSR count). The Bertz CT molecular complexity index is 337. The molecule has 2 aliphatic rings. The highest BCUT2D eigenvalue weighted by Crippen LogP contribution is 2.14. The number of carbonyl (C=O) groups excluding carboxylic acids is 2. The smallest absolute Gasteiger partial charge is 0.237 e. The van der Waals surface area contributed by atoms with Gasteiger partial charge in [-0.1, -0.05) is 13.8 Å². The van der Waals surface area contributed by atoms with E-state index in [4.69, 9.17) is 0 Å². The van der Waals surface area contributed by atoms with Gasteiger partial charge in [-0.3, -0.25) is 9.59 Å². The Morgan fingerprint density at radius 2 is 1.85 bits per heavy atom. The third kappa shape index (κ3) is 4.63. The molecule has 2 fully saturated rings. The molecule has 2 N–H and O–H groups in total. The molecule has 0 aromatic heterocycles. The van der Waals surface area contributed by atoms with Crippen molar-refractivity contribution in [3.05, 3.63) is 0 Å². The standard InChI is InChI=1S/C14H25N3O2.ClH/c1-10(2)9-13(18)17-7-4-11(5-8-17)16-14(19)12-3-6-15-12;/h10-12,15H,3-9H2,1-2H3,(H,16,19);1H. The van der Waals surface area contributed by atoms with Gasteiger partial charge in [-0.2, -0.15) is 0 Å². The van der Waals surface area contributed by atoms with Crippen molar-refractivity contribution in [1.29, 1.82) is 0 Å². The molecule has 2 aliphatic heterocycles. The first-order valence-electron chi connectivity index (χ1n) is 7.38. The molecule has 0 aliphatic carbocycles. The Kier molecular flexibility index (Phi) is 6.76. The zero-order chi connectivity index (χ0) is 13.8. The first kappa shape index (κ1) is 17.2. The number of nitrogens with zero attached hydrogens (tertiary/aromatic N) is 1. The summed E-state index contributed by atoms with van der Waals surface area (Å²) in [6, 6.07) is 0.249. The van der Waals surface area contributed by atoms with Crippen LogP contribution in [0.15, 0.2) is 0 Å². The molecule has 2 saturated heterocycles. The van der Waals surface area contributed by atoms with Gasteiger partial charge >= 0.3 is 0 Å². The fourth-order valence-electron chi connectivity index (χ4n) is 2.57. The molecular weight excluding hydrogens is 278 g/mol. The predicted molar refractivity (Wildman–Crippen MR) is 80.9 cm³/mol. The van der Waals surface area contributed by atoms with Gasteiger partial charge in [-0.15, -0.1) is 12.4 Å². The Labute approximate surface area is 127 Å². The maximum absolute atomic E-state index is 11.9. The predicted octanol–water partition coefficient (Wildman–Crippen LogP) is 0.923. The molecule has 2 heterocycles. The number of piperidine rings is 1. The summed E-state index contributed by atoms with van der Waals surface area (Å²) in [6.45, 7) is 6.62. The van der Waals surface area contributed by atoms with Gasteiger partial charge in [0, 0.05) is 25.6 Å². The van der Waals surface area contributed by atoms with Crippen LogP contribution in [0.25, 0.3) is 0 Å². The van der Waals surface area contributed by atoms with E-state index in [1.807, 2.05) is 4.90 Å². The van der Waals surface area contributed by atoms with Crippen LogP contribution in [0.2, 0.25) is 0 Å². The van der Waals surface area contributed by atoms with E-state index in [-0.39, 0.29) is 36.3 Å². The quantitative estimate of drug-likeness (QED) is 0.812. The molecule has 0 bridgehead atoms. The van der Waals surface area contributed by atoms with Crippen molar-refractivity contribution in [3.63, 3.8) is 0 Å². The van der Waals surface area contributed by atoms with Crippen molar-refractivity contribution in [3.8, 4) is 0 Å². The highest BCUT2D eigenvalue weighted by molar-refractivity contribution is 5.85. The van der Waals surface area contributed by atoms with Gasteiger partial charge in [0.1, 0.15) is 0 Å². The average molecular weight is 304 g/mol. The van der Waals surface area contributed by atoms with Crippen molar-refractivity contribution >= 4 is 24.2 Å². The van der Waals surface area contributed by atoms with E-state index in [0.29, 0.717) is 12.3 Å². The molecule has 6 heteroatoms. The normalized spacial score (nSPS) is 22.9. The van der Waals surface area contributed by atoms with E-state index in [2.05, 4.69) is 24.5 Å². The number of hydrogen-bond donors (Lipinski definition) is 2. The molecule has 0 aromatic carbocycles. The lowest BCUT2D eigenvalue weighted by atomic mass is 10.0. The Morgan fingerprint density at radius 1 is 1.25 bits per heavy atom. The minimum absolute atomic E-state index is 0. The fourth-order valence-corrected chi connectivity index (χ4v) is 2.57. The fraction of sp³-hybridized carbons (Fsp3) is 0.857. The van der Waals surface area contributed by atoms with Crippen molar-refractivity contribution in [2.45, 2.75) is 51.6 Å². The third-order valence-electron chi connectivity index (χ3n) is 3.92. The monoisotopic (exact) mass is 303 g/mol. The summed E-state index contributed by atoms with van der Waals surface area (Å²) in [7, 11) is 0. The summed E-state index contributed by atoms with van der Waals surface area (Å²) in [5, 5.41) is 6.19. The van der Waals surface area contributed by atoms with Crippen LogP contribution in [-0.2, 0) is 9.59 Å². The number of carbonyl (C=O) groups is 2. The SMILES string of the molecule is CC(C)CC(=O)N1CCC(NC(=O)C2CCN2)CC1.Cl. The summed E-state index contributed by atoms with van der Waals surface area (Å²) in [5.74, 6) is 0.785. The maximum Gasteiger partial charge on any atom is 0.237 e.